The number of aliphatic carboxylic acids is 1. The molecule has 1 atom stereocenters. The third-order valence-electron chi connectivity index (χ3n) is 3.27. The Labute approximate surface area is 111 Å². The van der Waals surface area contributed by atoms with Crippen LogP contribution in [0.4, 0.5) is 0 Å². The van der Waals surface area contributed by atoms with Gasteiger partial charge in [-0.25, -0.2) is 9.48 Å². The van der Waals surface area contributed by atoms with E-state index in [9.17, 15) is 4.79 Å². The van der Waals surface area contributed by atoms with Gasteiger partial charge in [-0.1, -0.05) is 30.3 Å². The maximum atomic E-state index is 11.1. The van der Waals surface area contributed by atoms with E-state index >= 15 is 0 Å². The lowest BCUT2D eigenvalue weighted by Gasteiger charge is -2.24. The Morgan fingerprint density at radius 3 is 2.53 bits per heavy atom. The normalized spacial score (nSPS) is 13.2. The number of carboxylic acid groups (broad SMARTS) is 1. The van der Waals surface area contributed by atoms with Gasteiger partial charge in [-0.15, -0.1) is 5.10 Å². The van der Waals surface area contributed by atoms with Crippen LogP contribution in [-0.2, 0) is 10.2 Å². The standard InChI is InChI=1S/C13H16N4O2/c1-9(11(18)19)17-12(14-15-16-17)13(2,3)10-7-5-4-6-8-10/h4-9H,1-3H3,(H,18,19). The van der Waals surface area contributed by atoms with Crippen molar-refractivity contribution in [2.75, 3.05) is 0 Å². The Morgan fingerprint density at radius 2 is 1.95 bits per heavy atom. The van der Waals surface area contributed by atoms with Crippen molar-refractivity contribution in [3.8, 4) is 0 Å². The average molecular weight is 260 g/mol. The number of carboxylic acids is 1. The van der Waals surface area contributed by atoms with E-state index in [4.69, 9.17) is 5.11 Å². The van der Waals surface area contributed by atoms with E-state index in [0.717, 1.165) is 5.56 Å². The summed E-state index contributed by atoms with van der Waals surface area (Å²) in [5.41, 5.74) is 0.567. The van der Waals surface area contributed by atoms with Crippen LogP contribution in [0.25, 0.3) is 0 Å². The third-order valence-corrected chi connectivity index (χ3v) is 3.27. The smallest absolute Gasteiger partial charge is 0.328 e. The summed E-state index contributed by atoms with van der Waals surface area (Å²) >= 11 is 0. The van der Waals surface area contributed by atoms with Crippen LogP contribution in [0.1, 0.15) is 38.2 Å². The minimum atomic E-state index is -0.961. The second kappa shape index (κ2) is 4.79. The SMILES string of the molecule is CC(C(=O)O)n1nnnc1C(C)(C)c1ccccc1. The molecular weight excluding hydrogens is 244 g/mol. The summed E-state index contributed by atoms with van der Waals surface area (Å²) < 4.78 is 1.36. The molecule has 0 saturated carbocycles. The summed E-state index contributed by atoms with van der Waals surface area (Å²) in [6.45, 7) is 5.50. The zero-order valence-electron chi connectivity index (χ0n) is 11.1. The molecule has 0 aliphatic rings. The maximum absolute atomic E-state index is 11.1. The first-order valence-corrected chi connectivity index (χ1v) is 6.01. The van der Waals surface area contributed by atoms with Crippen LogP contribution in [0.2, 0.25) is 0 Å². The quantitative estimate of drug-likeness (QED) is 0.903. The number of nitrogens with zero attached hydrogens (tertiary/aromatic N) is 4. The van der Waals surface area contributed by atoms with Crippen molar-refractivity contribution in [3.05, 3.63) is 41.7 Å². The zero-order valence-corrected chi connectivity index (χ0v) is 11.1. The highest BCUT2D eigenvalue weighted by Crippen LogP contribution is 2.30. The number of benzene rings is 1. The van der Waals surface area contributed by atoms with Crippen LogP contribution in [-0.4, -0.2) is 31.3 Å². The Morgan fingerprint density at radius 1 is 1.32 bits per heavy atom. The van der Waals surface area contributed by atoms with Gasteiger partial charge in [0.25, 0.3) is 0 Å². The Hall–Kier alpha value is -2.24. The van der Waals surface area contributed by atoms with E-state index in [-0.39, 0.29) is 0 Å². The van der Waals surface area contributed by atoms with E-state index in [2.05, 4.69) is 15.5 Å². The Kier molecular flexibility index (Phi) is 3.33. The van der Waals surface area contributed by atoms with Gasteiger partial charge in [0.15, 0.2) is 5.82 Å². The summed E-state index contributed by atoms with van der Waals surface area (Å²) in [5, 5.41) is 20.5. The predicted molar refractivity (Wildman–Crippen MR) is 68.7 cm³/mol. The minimum Gasteiger partial charge on any atom is -0.480 e. The molecule has 0 aliphatic heterocycles. The Balaban J connectivity index is 2.48. The number of aromatic nitrogens is 4. The molecule has 1 aromatic carbocycles. The van der Waals surface area contributed by atoms with Crippen LogP contribution in [0.15, 0.2) is 30.3 Å². The average Bonchev–Trinajstić information content (AvgIpc) is 2.88. The summed E-state index contributed by atoms with van der Waals surface area (Å²) in [6.07, 6.45) is 0. The zero-order chi connectivity index (χ0) is 14.0. The van der Waals surface area contributed by atoms with Gasteiger partial charge in [-0.3, -0.25) is 0 Å². The first kappa shape index (κ1) is 13.2. The topological polar surface area (TPSA) is 80.9 Å². The van der Waals surface area contributed by atoms with E-state index in [1.807, 2.05) is 44.2 Å². The molecule has 0 amide bonds. The van der Waals surface area contributed by atoms with Crippen LogP contribution >= 0.6 is 0 Å². The van der Waals surface area contributed by atoms with Crippen molar-refractivity contribution in [1.82, 2.24) is 20.2 Å². The molecule has 1 heterocycles. The molecule has 6 nitrogen and oxygen atoms in total. The molecule has 19 heavy (non-hydrogen) atoms. The van der Waals surface area contributed by atoms with Gasteiger partial charge in [-0.2, -0.15) is 0 Å². The molecule has 2 rings (SSSR count). The van der Waals surface area contributed by atoms with Gasteiger partial charge in [-0.05, 0) is 36.8 Å². The van der Waals surface area contributed by atoms with Crippen LogP contribution in [0.3, 0.4) is 0 Å². The van der Waals surface area contributed by atoms with Crippen molar-refractivity contribution in [1.29, 1.82) is 0 Å². The molecule has 0 bridgehead atoms. The van der Waals surface area contributed by atoms with E-state index in [1.54, 1.807) is 6.92 Å². The largest absolute Gasteiger partial charge is 0.480 e. The van der Waals surface area contributed by atoms with E-state index in [1.165, 1.54) is 4.68 Å². The number of carbonyl (C=O) groups is 1. The second-order valence-electron chi connectivity index (χ2n) is 4.95. The summed E-state index contributed by atoms with van der Waals surface area (Å²) in [5.74, 6) is -0.425. The molecule has 1 aromatic heterocycles. The first-order valence-electron chi connectivity index (χ1n) is 6.01. The Bertz CT molecular complexity index is 577. The van der Waals surface area contributed by atoms with E-state index < -0.39 is 17.4 Å². The van der Waals surface area contributed by atoms with Gasteiger partial charge in [0, 0.05) is 0 Å². The van der Waals surface area contributed by atoms with Crippen molar-refractivity contribution >= 4 is 5.97 Å². The number of hydrogen-bond acceptors (Lipinski definition) is 4. The number of tetrazole rings is 1. The van der Waals surface area contributed by atoms with Crippen molar-refractivity contribution in [2.45, 2.75) is 32.2 Å². The fourth-order valence-corrected chi connectivity index (χ4v) is 1.95. The molecule has 100 valence electrons. The molecular formula is C13H16N4O2. The maximum Gasteiger partial charge on any atom is 0.328 e. The number of hydrogen-bond donors (Lipinski definition) is 1. The van der Waals surface area contributed by atoms with Gasteiger partial charge >= 0.3 is 5.97 Å². The van der Waals surface area contributed by atoms with Gasteiger partial charge in [0.05, 0.1) is 5.41 Å². The molecule has 1 unspecified atom stereocenters. The lowest BCUT2D eigenvalue weighted by molar-refractivity contribution is -0.140. The van der Waals surface area contributed by atoms with Crippen molar-refractivity contribution in [3.63, 3.8) is 0 Å². The lowest BCUT2D eigenvalue weighted by atomic mass is 9.83. The molecule has 0 spiro atoms. The first-order chi connectivity index (χ1) is 8.94. The molecule has 0 radical (unpaired) electrons. The van der Waals surface area contributed by atoms with Gasteiger partial charge < -0.3 is 5.11 Å². The monoisotopic (exact) mass is 260 g/mol. The molecule has 0 saturated heterocycles. The fourth-order valence-electron chi connectivity index (χ4n) is 1.95. The third kappa shape index (κ3) is 2.33. The molecule has 6 heteroatoms. The highest BCUT2D eigenvalue weighted by molar-refractivity contribution is 5.71. The highest BCUT2D eigenvalue weighted by Gasteiger charge is 2.32. The van der Waals surface area contributed by atoms with Gasteiger partial charge in [0.1, 0.15) is 6.04 Å². The predicted octanol–water partition coefficient (Wildman–Crippen LogP) is 1.64. The molecule has 0 fully saturated rings. The molecule has 0 aliphatic carbocycles. The van der Waals surface area contributed by atoms with Crippen LogP contribution < -0.4 is 0 Å². The molecule has 1 N–H and O–H groups in total. The highest BCUT2D eigenvalue weighted by atomic mass is 16.4. The van der Waals surface area contributed by atoms with Gasteiger partial charge in [0.2, 0.25) is 0 Å². The summed E-state index contributed by atoms with van der Waals surface area (Å²) in [7, 11) is 0. The van der Waals surface area contributed by atoms with E-state index in [0.29, 0.717) is 5.82 Å². The summed E-state index contributed by atoms with van der Waals surface area (Å²) in [6, 6.07) is 8.96. The van der Waals surface area contributed by atoms with Crippen molar-refractivity contribution < 1.29 is 9.90 Å². The summed E-state index contributed by atoms with van der Waals surface area (Å²) in [4.78, 5) is 11.1. The second-order valence-corrected chi connectivity index (χ2v) is 4.95. The lowest BCUT2D eigenvalue weighted by Crippen LogP contribution is -2.28. The molecule has 2 aromatic rings. The van der Waals surface area contributed by atoms with Crippen LogP contribution in [0, 0.1) is 0 Å². The minimum absolute atomic E-state index is 0.464. The number of rotatable bonds is 4. The van der Waals surface area contributed by atoms with Crippen LogP contribution in [0.5, 0.6) is 0 Å². The van der Waals surface area contributed by atoms with Crippen molar-refractivity contribution in [2.24, 2.45) is 0 Å². The fraction of sp³-hybridized carbons (Fsp3) is 0.385.